The van der Waals surface area contributed by atoms with E-state index in [0.717, 1.165) is 5.56 Å². The van der Waals surface area contributed by atoms with Crippen LogP contribution in [0, 0.1) is 0 Å². The lowest BCUT2D eigenvalue weighted by atomic mass is 10.1. The van der Waals surface area contributed by atoms with Crippen LogP contribution in [0.4, 0.5) is 0 Å². The van der Waals surface area contributed by atoms with Gasteiger partial charge in [-0.3, -0.25) is 25.2 Å². The van der Waals surface area contributed by atoms with Crippen molar-refractivity contribution in [2.45, 2.75) is 19.9 Å². The topological polar surface area (TPSA) is 119 Å². The minimum atomic E-state index is -0.644. The van der Waals surface area contributed by atoms with Crippen molar-refractivity contribution in [1.29, 1.82) is 0 Å². The second-order valence-corrected chi connectivity index (χ2v) is 8.27. The lowest BCUT2D eigenvalue weighted by Gasteiger charge is -2.12. The van der Waals surface area contributed by atoms with Crippen molar-refractivity contribution in [2.75, 3.05) is 0 Å². The highest BCUT2D eigenvalue weighted by atomic mass is 16.4. The number of oxazole rings is 1. The summed E-state index contributed by atoms with van der Waals surface area (Å²) in [4.78, 5) is 43.1. The Kier molecular flexibility index (Phi) is 6.58. The summed E-state index contributed by atoms with van der Waals surface area (Å²) in [6, 6.07) is 23.1. The first-order valence-electron chi connectivity index (χ1n) is 11.8. The molecule has 0 unspecified atom stereocenters. The van der Waals surface area contributed by atoms with E-state index >= 15 is 0 Å². The van der Waals surface area contributed by atoms with Gasteiger partial charge in [-0.2, -0.15) is 5.10 Å². The number of rotatable bonds is 6. The number of hydrazine groups is 1. The van der Waals surface area contributed by atoms with E-state index in [9.17, 15) is 14.4 Å². The smallest absolute Gasteiger partial charge is 0.290 e. The zero-order valence-electron chi connectivity index (χ0n) is 20.0. The molecule has 0 bridgehead atoms. The van der Waals surface area contributed by atoms with E-state index in [1.165, 1.54) is 4.68 Å². The van der Waals surface area contributed by atoms with Crippen molar-refractivity contribution < 1.29 is 14.0 Å². The van der Waals surface area contributed by atoms with Crippen LogP contribution in [0.15, 0.2) is 94.3 Å². The first kappa shape index (κ1) is 23.7. The van der Waals surface area contributed by atoms with E-state index in [1.54, 1.807) is 54.7 Å². The standard InChI is InChI=1S/C28H23N5O4/c1-2-16-33-28(36)22-15-9-6-12-19(22)24(32-33)26(35)31-30-25(34)20-13-7-8-14-21(20)27-29-17-23(37-27)18-10-4-3-5-11-18/h3-15,17H,2,16H2,1H3,(H,30,34)(H,31,35). The Balaban J connectivity index is 1.39. The molecule has 0 aliphatic carbocycles. The molecule has 2 N–H and O–H groups in total. The van der Waals surface area contributed by atoms with Crippen LogP contribution in [-0.4, -0.2) is 26.6 Å². The summed E-state index contributed by atoms with van der Waals surface area (Å²) in [5.74, 6) is -0.363. The summed E-state index contributed by atoms with van der Waals surface area (Å²) in [6.07, 6.45) is 2.27. The van der Waals surface area contributed by atoms with Gasteiger partial charge in [0.25, 0.3) is 17.4 Å². The molecule has 5 aromatic rings. The maximum absolute atomic E-state index is 13.1. The van der Waals surface area contributed by atoms with Gasteiger partial charge in [-0.1, -0.05) is 67.6 Å². The zero-order chi connectivity index (χ0) is 25.8. The fourth-order valence-electron chi connectivity index (χ4n) is 4.01. The number of aryl methyl sites for hydroxylation is 1. The Labute approximate surface area is 211 Å². The van der Waals surface area contributed by atoms with Crippen LogP contribution in [0.2, 0.25) is 0 Å². The quantitative estimate of drug-likeness (QED) is 0.342. The van der Waals surface area contributed by atoms with Gasteiger partial charge in [0.05, 0.1) is 17.1 Å². The van der Waals surface area contributed by atoms with Crippen molar-refractivity contribution in [1.82, 2.24) is 25.6 Å². The molecule has 0 saturated heterocycles. The molecule has 0 atom stereocenters. The molecule has 9 heteroatoms. The fourth-order valence-corrected chi connectivity index (χ4v) is 4.01. The number of aromatic nitrogens is 3. The number of benzene rings is 3. The molecule has 0 aliphatic rings. The van der Waals surface area contributed by atoms with E-state index in [4.69, 9.17) is 4.42 Å². The van der Waals surface area contributed by atoms with E-state index in [-0.39, 0.29) is 22.7 Å². The molecule has 0 saturated carbocycles. The monoisotopic (exact) mass is 493 g/mol. The number of amides is 2. The van der Waals surface area contributed by atoms with E-state index in [2.05, 4.69) is 20.9 Å². The van der Waals surface area contributed by atoms with Gasteiger partial charge in [-0.05, 0) is 24.6 Å². The lowest BCUT2D eigenvalue weighted by molar-refractivity contribution is 0.0844. The predicted molar refractivity (Wildman–Crippen MR) is 139 cm³/mol. The second kappa shape index (κ2) is 10.3. The van der Waals surface area contributed by atoms with Crippen molar-refractivity contribution in [3.8, 4) is 22.8 Å². The zero-order valence-corrected chi connectivity index (χ0v) is 20.0. The molecule has 2 aromatic heterocycles. The average Bonchev–Trinajstić information content (AvgIpc) is 3.44. The van der Waals surface area contributed by atoms with Gasteiger partial charge in [0.1, 0.15) is 0 Å². The highest BCUT2D eigenvalue weighted by Crippen LogP contribution is 2.28. The minimum Gasteiger partial charge on any atom is -0.436 e. The van der Waals surface area contributed by atoms with Gasteiger partial charge in [-0.15, -0.1) is 0 Å². The first-order chi connectivity index (χ1) is 18.1. The Hall–Kier alpha value is -5.05. The van der Waals surface area contributed by atoms with E-state index in [0.29, 0.717) is 35.1 Å². The summed E-state index contributed by atoms with van der Waals surface area (Å²) in [7, 11) is 0. The maximum Gasteiger partial charge on any atom is 0.290 e. The number of carbonyl (C=O) groups is 2. The van der Waals surface area contributed by atoms with Gasteiger partial charge >= 0.3 is 0 Å². The third-order valence-electron chi connectivity index (χ3n) is 5.77. The molecular formula is C28H23N5O4. The summed E-state index contributed by atoms with van der Waals surface area (Å²) in [5, 5.41) is 5.04. The van der Waals surface area contributed by atoms with Crippen LogP contribution in [-0.2, 0) is 6.54 Å². The molecule has 3 aromatic carbocycles. The molecular weight excluding hydrogens is 470 g/mol. The first-order valence-corrected chi connectivity index (χ1v) is 11.8. The maximum atomic E-state index is 13.1. The van der Waals surface area contributed by atoms with Gasteiger partial charge < -0.3 is 4.42 Å². The molecule has 184 valence electrons. The number of hydrogen-bond acceptors (Lipinski definition) is 6. The average molecular weight is 494 g/mol. The Bertz CT molecular complexity index is 1660. The summed E-state index contributed by atoms with van der Waals surface area (Å²) in [6.45, 7) is 2.28. The van der Waals surface area contributed by atoms with Crippen LogP contribution in [0.5, 0.6) is 0 Å². The number of hydrogen-bond donors (Lipinski definition) is 2. The van der Waals surface area contributed by atoms with Crippen molar-refractivity contribution in [3.63, 3.8) is 0 Å². The Morgan fingerprint density at radius 2 is 1.54 bits per heavy atom. The van der Waals surface area contributed by atoms with Gasteiger partial charge in [0, 0.05) is 23.1 Å². The third kappa shape index (κ3) is 4.74. The molecule has 2 amide bonds. The van der Waals surface area contributed by atoms with Crippen LogP contribution in [0.1, 0.15) is 34.2 Å². The Morgan fingerprint density at radius 1 is 0.865 bits per heavy atom. The predicted octanol–water partition coefficient (Wildman–Crippen LogP) is 4.20. The molecule has 5 rings (SSSR count). The van der Waals surface area contributed by atoms with Crippen LogP contribution < -0.4 is 16.4 Å². The number of carbonyl (C=O) groups excluding carboxylic acids is 2. The third-order valence-corrected chi connectivity index (χ3v) is 5.77. The SMILES string of the molecule is CCCn1nc(C(=O)NNC(=O)c2ccccc2-c2ncc(-c3ccccc3)o2)c2ccccc2c1=O. The number of nitrogens with one attached hydrogen (secondary N) is 2. The van der Waals surface area contributed by atoms with Gasteiger partial charge in [0.15, 0.2) is 11.5 Å². The summed E-state index contributed by atoms with van der Waals surface area (Å²) < 4.78 is 7.18. The molecule has 0 aliphatic heterocycles. The summed E-state index contributed by atoms with van der Waals surface area (Å²) in [5.41, 5.74) is 6.22. The molecule has 0 spiro atoms. The van der Waals surface area contributed by atoms with Gasteiger partial charge in [0.2, 0.25) is 5.89 Å². The largest absolute Gasteiger partial charge is 0.436 e. The van der Waals surface area contributed by atoms with Crippen molar-refractivity contribution in [3.05, 3.63) is 107 Å². The molecule has 9 nitrogen and oxygen atoms in total. The normalized spacial score (nSPS) is 10.8. The van der Waals surface area contributed by atoms with Crippen LogP contribution >= 0.6 is 0 Å². The van der Waals surface area contributed by atoms with Crippen molar-refractivity contribution >= 4 is 22.6 Å². The Morgan fingerprint density at radius 3 is 2.32 bits per heavy atom. The molecule has 0 radical (unpaired) electrons. The van der Waals surface area contributed by atoms with E-state index < -0.39 is 11.8 Å². The van der Waals surface area contributed by atoms with Crippen molar-refractivity contribution in [2.24, 2.45) is 0 Å². The summed E-state index contributed by atoms with van der Waals surface area (Å²) >= 11 is 0. The van der Waals surface area contributed by atoms with Crippen LogP contribution in [0.25, 0.3) is 33.6 Å². The fraction of sp³-hybridized carbons (Fsp3) is 0.107. The molecule has 2 heterocycles. The minimum absolute atomic E-state index is 0.0393. The highest BCUT2D eigenvalue weighted by Gasteiger charge is 2.20. The van der Waals surface area contributed by atoms with Gasteiger partial charge in [-0.25, -0.2) is 9.67 Å². The number of nitrogens with zero attached hydrogens (tertiary/aromatic N) is 3. The van der Waals surface area contributed by atoms with E-state index in [1.807, 2.05) is 37.3 Å². The highest BCUT2D eigenvalue weighted by molar-refractivity contribution is 6.06. The molecule has 0 fully saturated rings. The second-order valence-electron chi connectivity index (χ2n) is 8.27. The molecule has 37 heavy (non-hydrogen) atoms. The lowest BCUT2D eigenvalue weighted by Crippen LogP contribution is -2.43. The van der Waals surface area contributed by atoms with Crippen LogP contribution in [0.3, 0.4) is 0 Å². The number of fused-ring (bicyclic) bond motifs is 1.